The molecule has 0 spiro atoms. The number of aromatic amines is 1. The Morgan fingerprint density at radius 2 is 1.97 bits per heavy atom. The lowest BCUT2D eigenvalue weighted by atomic mass is 10.1. The third-order valence-corrected chi connectivity index (χ3v) is 4.26. The lowest BCUT2D eigenvalue weighted by molar-refractivity contribution is -0.383. The Kier molecular flexibility index (Phi) is 5.63. The number of non-ortho nitro benzene ring substituents is 1. The van der Waals surface area contributed by atoms with Gasteiger partial charge in [-0.25, -0.2) is 5.43 Å². The number of fused-ring (bicyclic) bond motifs is 1. The molecule has 0 radical (unpaired) electrons. The molecule has 0 saturated heterocycles. The number of methoxy groups -OCH3 is 1. The average molecular weight is 409 g/mol. The monoisotopic (exact) mass is 409 g/mol. The number of carbonyl (C=O) groups excluding carboxylic acids is 1. The number of nitrogens with one attached hydrogen (secondary N) is 4. The zero-order valence-corrected chi connectivity index (χ0v) is 16.1. The first-order valence-electron chi connectivity index (χ1n) is 8.69. The third-order valence-electron chi connectivity index (χ3n) is 4.26. The Labute approximate surface area is 170 Å². The largest absolute Gasteiger partial charge is 0.496 e. The Morgan fingerprint density at radius 3 is 2.57 bits per heavy atom. The maximum atomic E-state index is 12.6. The molecule has 30 heavy (non-hydrogen) atoms. The van der Waals surface area contributed by atoms with Crippen molar-refractivity contribution in [2.75, 3.05) is 12.4 Å². The molecule has 0 aliphatic heterocycles. The summed E-state index contributed by atoms with van der Waals surface area (Å²) in [6.07, 6.45) is 0. The highest BCUT2D eigenvalue weighted by atomic mass is 16.6. The zero-order chi connectivity index (χ0) is 21.8. The summed E-state index contributed by atoms with van der Waals surface area (Å²) < 4.78 is 5.09. The predicted octanol–water partition coefficient (Wildman–Crippen LogP) is 2.54. The predicted molar refractivity (Wildman–Crippen MR) is 113 cm³/mol. The Bertz CT molecular complexity index is 1170. The molecule has 0 aliphatic carbocycles. The van der Waals surface area contributed by atoms with Gasteiger partial charge in [-0.05, 0) is 36.8 Å². The van der Waals surface area contributed by atoms with Crippen LogP contribution >= 0.6 is 0 Å². The number of nitrogens with two attached hydrogens (primary N) is 1. The van der Waals surface area contributed by atoms with Gasteiger partial charge in [0.15, 0.2) is 0 Å². The van der Waals surface area contributed by atoms with Crippen LogP contribution in [0.25, 0.3) is 10.9 Å². The minimum Gasteiger partial charge on any atom is -0.496 e. The molecule has 1 amide bonds. The zero-order valence-electron chi connectivity index (χ0n) is 16.1. The van der Waals surface area contributed by atoms with Gasteiger partial charge in [-0.1, -0.05) is 12.1 Å². The molecule has 3 aromatic rings. The van der Waals surface area contributed by atoms with Crippen LogP contribution in [0, 0.1) is 15.5 Å². The van der Waals surface area contributed by atoms with Gasteiger partial charge in [0.05, 0.1) is 23.8 Å². The number of anilines is 1. The van der Waals surface area contributed by atoms with E-state index in [0.717, 1.165) is 5.56 Å². The van der Waals surface area contributed by atoms with Gasteiger partial charge in [0.1, 0.15) is 17.0 Å². The third kappa shape index (κ3) is 4.35. The molecule has 11 heteroatoms. The van der Waals surface area contributed by atoms with E-state index in [1.807, 2.05) is 0 Å². The molecule has 154 valence electrons. The number of nitro groups is 1. The highest BCUT2D eigenvalue weighted by Gasteiger charge is 2.19. The first kappa shape index (κ1) is 20.3. The van der Waals surface area contributed by atoms with Crippen LogP contribution in [-0.2, 0) is 0 Å². The van der Waals surface area contributed by atoms with Crippen molar-refractivity contribution in [1.82, 2.24) is 10.4 Å². The van der Waals surface area contributed by atoms with Crippen LogP contribution in [0.3, 0.4) is 0 Å². The molecule has 2 aromatic carbocycles. The van der Waals surface area contributed by atoms with E-state index in [1.54, 1.807) is 37.3 Å². The number of ether oxygens (including phenoxy) is 1. The summed E-state index contributed by atoms with van der Waals surface area (Å²) in [5, 5.41) is 25.6. The number of hydrazone groups is 1. The van der Waals surface area contributed by atoms with Crippen LogP contribution in [-0.4, -0.2) is 34.6 Å². The number of hydrogen-bond donors (Lipinski definition) is 5. The van der Waals surface area contributed by atoms with E-state index in [1.165, 1.54) is 19.2 Å². The minimum atomic E-state index is -0.535. The van der Waals surface area contributed by atoms with E-state index >= 15 is 0 Å². The second kappa shape index (κ2) is 8.31. The number of benzene rings is 2. The number of nitro benzene ring substituents is 1. The van der Waals surface area contributed by atoms with E-state index < -0.39 is 10.8 Å². The molecule has 0 saturated carbocycles. The summed E-state index contributed by atoms with van der Waals surface area (Å²) in [6, 6.07) is 11.3. The molecule has 0 fully saturated rings. The number of amides is 1. The standard InChI is InChI=1S/C19H19N7O4/c1-10(24-25-19(20)21)11-3-5-13(6-4-11)22-18(27)15-8-12-7-14(30-2)9-16(26(28)29)17(12)23-15/h3-9,23H,1-2H3,(H,22,27)(H4,20,21,25)/b24-10+. The first-order valence-corrected chi connectivity index (χ1v) is 8.69. The summed E-state index contributed by atoms with van der Waals surface area (Å²) in [5.41, 5.74) is 9.71. The van der Waals surface area contributed by atoms with E-state index in [4.69, 9.17) is 15.9 Å². The number of guanidine groups is 1. The fraction of sp³-hybridized carbons (Fsp3) is 0.105. The Balaban J connectivity index is 1.81. The van der Waals surface area contributed by atoms with Crippen LogP contribution < -0.4 is 21.2 Å². The second-order valence-electron chi connectivity index (χ2n) is 6.31. The maximum absolute atomic E-state index is 12.6. The molecular weight excluding hydrogens is 390 g/mol. The first-order chi connectivity index (χ1) is 14.3. The van der Waals surface area contributed by atoms with Gasteiger partial charge in [0.25, 0.3) is 11.6 Å². The van der Waals surface area contributed by atoms with Gasteiger partial charge in [-0.15, -0.1) is 0 Å². The number of H-pyrrole nitrogens is 1. The molecule has 1 heterocycles. The normalized spacial score (nSPS) is 11.2. The topological polar surface area (TPSA) is 172 Å². The second-order valence-corrected chi connectivity index (χ2v) is 6.31. The molecule has 0 aliphatic rings. The van der Waals surface area contributed by atoms with Gasteiger partial charge < -0.3 is 20.8 Å². The number of aromatic nitrogens is 1. The van der Waals surface area contributed by atoms with E-state index in [9.17, 15) is 14.9 Å². The van der Waals surface area contributed by atoms with E-state index in [-0.39, 0.29) is 22.9 Å². The average Bonchev–Trinajstić information content (AvgIpc) is 3.15. The van der Waals surface area contributed by atoms with Gasteiger partial charge in [-0.3, -0.25) is 20.3 Å². The fourth-order valence-corrected chi connectivity index (χ4v) is 2.78. The highest BCUT2D eigenvalue weighted by molar-refractivity contribution is 6.07. The summed E-state index contributed by atoms with van der Waals surface area (Å²) >= 11 is 0. The molecule has 0 atom stereocenters. The smallest absolute Gasteiger partial charge is 0.296 e. The van der Waals surface area contributed by atoms with Crippen molar-refractivity contribution in [3.8, 4) is 5.75 Å². The van der Waals surface area contributed by atoms with Gasteiger partial charge in [-0.2, -0.15) is 5.10 Å². The minimum absolute atomic E-state index is 0.175. The summed E-state index contributed by atoms with van der Waals surface area (Å²) in [5.74, 6) is -0.391. The van der Waals surface area contributed by atoms with Crippen LogP contribution in [0.2, 0.25) is 0 Å². The summed E-state index contributed by atoms with van der Waals surface area (Å²) in [6.45, 7) is 1.75. The van der Waals surface area contributed by atoms with Crippen molar-refractivity contribution in [2.45, 2.75) is 6.92 Å². The number of nitrogens with zero attached hydrogens (tertiary/aromatic N) is 2. The number of hydrogen-bond acceptors (Lipinski definition) is 6. The van der Waals surface area contributed by atoms with Gasteiger partial charge in [0.2, 0.25) is 5.96 Å². The molecular formula is C19H19N7O4. The van der Waals surface area contributed by atoms with Crippen molar-refractivity contribution in [2.24, 2.45) is 10.8 Å². The van der Waals surface area contributed by atoms with Crippen molar-refractivity contribution >= 4 is 39.9 Å². The van der Waals surface area contributed by atoms with Crippen molar-refractivity contribution < 1.29 is 14.5 Å². The Hall–Kier alpha value is -4.41. The maximum Gasteiger partial charge on any atom is 0.296 e. The van der Waals surface area contributed by atoms with E-state index in [2.05, 4.69) is 20.8 Å². The quantitative estimate of drug-likeness (QED) is 0.181. The van der Waals surface area contributed by atoms with Crippen molar-refractivity contribution in [3.63, 3.8) is 0 Å². The van der Waals surface area contributed by atoms with Gasteiger partial charge >= 0.3 is 0 Å². The van der Waals surface area contributed by atoms with E-state index in [0.29, 0.717) is 22.5 Å². The lowest BCUT2D eigenvalue weighted by Crippen LogP contribution is -2.26. The summed E-state index contributed by atoms with van der Waals surface area (Å²) in [4.78, 5) is 26.2. The SMILES string of the molecule is COc1cc([N+](=O)[O-])c2[nH]c(C(=O)Nc3ccc(/C(C)=N/NC(=N)N)cc3)cc2c1. The Morgan fingerprint density at radius 1 is 1.27 bits per heavy atom. The lowest BCUT2D eigenvalue weighted by Gasteiger charge is -2.06. The van der Waals surface area contributed by atoms with Crippen LogP contribution in [0.1, 0.15) is 23.0 Å². The summed E-state index contributed by atoms with van der Waals surface area (Å²) in [7, 11) is 1.41. The molecule has 1 aromatic heterocycles. The van der Waals surface area contributed by atoms with Gasteiger partial charge in [0, 0.05) is 11.1 Å². The van der Waals surface area contributed by atoms with Crippen LogP contribution in [0.15, 0.2) is 47.6 Å². The number of rotatable bonds is 6. The molecule has 11 nitrogen and oxygen atoms in total. The number of carbonyl (C=O) groups is 1. The van der Waals surface area contributed by atoms with Crippen LogP contribution in [0.4, 0.5) is 11.4 Å². The fourth-order valence-electron chi connectivity index (χ4n) is 2.78. The van der Waals surface area contributed by atoms with Crippen LogP contribution in [0.5, 0.6) is 5.75 Å². The highest BCUT2D eigenvalue weighted by Crippen LogP contribution is 2.31. The molecule has 0 unspecified atom stereocenters. The molecule has 6 N–H and O–H groups in total. The molecule has 3 rings (SSSR count). The molecule has 0 bridgehead atoms. The van der Waals surface area contributed by atoms with Crippen molar-refractivity contribution in [3.05, 3.63) is 63.8 Å². The van der Waals surface area contributed by atoms with Crippen molar-refractivity contribution in [1.29, 1.82) is 5.41 Å².